The molecule has 0 aliphatic rings. The van der Waals surface area contributed by atoms with Crippen molar-refractivity contribution in [3.05, 3.63) is 63.4 Å². The highest BCUT2D eigenvalue weighted by Gasteiger charge is 2.19. The number of halogens is 4. The Bertz CT molecular complexity index is 1060. The Kier molecular flexibility index (Phi) is 5.97. The number of anilines is 1. The van der Waals surface area contributed by atoms with Gasteiger partial charge in [-0.2, -0.15) is 10.2 Å². The summed E-state index contributed by atoms with van der Waals surface area (Å²) in [5, 5.41) is 11.3. The van der Waals surface area contributed by atoms with E-state index in [4.69, 9.17) is 11.6 Å². The van der Waals surface area contributed by atoms with E-state index in [1.807, 2.05) is 0 Å². The molecule has 0 aliphatic heterocycles. The smallest absolute Gasteiger partial charge is 0.280 e. The van der Waals surface area contributed by atoms with Crippen molar-refractivity contribution in [1.82, 2.24) is 19.6 Å². The van der Waals surface area contributed by atoms with E-state index in [2.05, 4.69) is 15.5 Å². The molecule has 0 radical (unpaired) electrons. The Morgan fingerprint density at radius 2 is 1.90 bits per heavy atom. The van der Waals surface area contributed by atoms with Gasteiger partial charge in [-0.25, -0.2) is 13.2 Å². The molecule has 0 fully saturated rings. The topological polar surface area (TPSA) is 64.7 Å². The number of rotatable bonds is 6. The van der Waals surface area contributed by atoms with E-state index in [1.54, 1.807) is 31.5 Å². The molecule has 6 nitrogen and oxygen atoms in total. The summed E-state index contributed by atoms with van der Waals surface area (Å²) in [4.78, 5) is 12.4. The lowest BCUT2D eigenvalue weighted by Crippen LogP contribution is -2.21. The highest BCUT2D eigenvalue weighted by Crippen LogP contribution is 2.24. The number of aromatic nitrogens is 4. The third-order valence-electron chi connectivity index (χ3n) is 4.43. The zero-order chi connectivity index (χ0) is 21.3. The first kappa shape index (κ1) is 20.9. The molecule has 29 heavy (non-hydrogen) atoms. The van der Waals surface area contributed by atoms with Crippen LogP contribution in [0.25, 0.3) is 0 Å². The summed E-state index contributed by atoms with van der Waals surface area (Å²) < 4.78 is 42.0. The molecule has 2 heterocycles. The number of carbonyl (C=O) groups is 1. The highest BCUT2D eigenvalue weighted by molar-refractivity contribution is 6.31. The van der Waals surface area contributed by atoms with Crippen molar-refractivity contribution in [1.29, 1.82) is 0 Å². The monoisotopic (exact) mass is 425 g/mol. The minimum absolute atomic E-state index is 0.275. The van der Waals surface area contributed by atoms with Gasteiger partial charge in [0.05, 0.1) is 29.3 Å². The standard InChI is InChI=1S/C19H19ClF3N5O/c1-10-6-16(19(22)23)28(25-10)9-17(29)24-18-11(2)26-27(12(18)3)8-13-4-5-14(21)7-15(13)20/h4-7,19H,8-9H2,1-3H3,(H,24,29). The maximum Gasteiger partial charge on any atom is 0.280 e. The van der Waals surface area contributed by atoms with Crippen molar-refractivity contribution in [2.75, 3.05) is 5.32 Å². The van der Waals surface area contributed by atoms with E-state index in [0.717, 1.165) is 4.68 Å². The van der Waals surface area contributed by atoms with Crippen molar-refractivity contribution in [2.24, 2.45) is 0 Å². The molecule has 0 saturated heterocycles. The third kappa shape index (κ3) is 4.61. The molecule has 1 N–H and O–H groups in total. The molecule has 3 rings (SSSR count). The SMILES string of the molecule is Cc1cc(C(F)F)n(CC(=O)Nc2c(C)nn(Cc3ccc(F)cc3Cl)c2C)n1. The molecule has 10 heteroatoms. The average Bonchev–Trinajstić information content (AvgIpc) is 3.12. The summed E-state index contributed by atoms with van der Waals surface area (Å²) in [7, 11) is 0. The van der Waals surface area contributed by atoms with Crippen LogP contribution in [0.4, 0.5) is 18.9 Å². The molecular formula is C19H19ClF3N5O. The van der Waals surface area contributed by atoms with Crippen LogP contribution >= 0.6 is 11.6 Å². The molecule has 1 aromatic carbocycles. The van der Waals surface area contributed by atoms with Crippen LogP contribution in [0.2, 0.25) is 5.02 Å². The van der Waals surface area contributed by atoms with Gasteiger partial charge in [-0.3, -0.25) is 14.2 Å². The van der Waals surface area contributed by atoms with Crippen LogP contribution in [0.3, 0.4) is 0 Å². The van der Waals surface area contributed by atoms with E-state index in [-0.39, 0.29) is 23.8 Å². The van der Waals surface area contributed by atoms with Crippen molar-refractivity contribution < 1.29 is 18.0 Å². The van der Waals surface area contributed by atoms with Gasteiger partial charge < -0.3 is 5.32 Å². The van der Waals surface area contributed by atoms with Crippen LogP contribution in [0, 0.1) is 26.6 Å². The van der Waals surface area contributed by atoms with E-state index in [0.29, 0.717) is 28.3 Å². The molecule has 3 aromatic rings. The maximum absolute atomic E-state index is 13.2. The largest absolute Gasteiger partial charge is 0.321 e. The Balaban J connectivity index is 1.77. The molecule has 0 saturated carbocycles. The minimum atomic E-state index is -2.73. The van der Waals surface area contributed by atoms with Gasteiger partial charge in [0.2, 0.25) is 5.91 Å². The van der Waals surface area contributed by atoms with E-state index in [1.165, 1.54) is 18.2 Å². The van der Waals surface area contributed by atoms with Gasteiger partial charge in [0.15, 0.2) is 0 Å². The van der Waals surface area contributed by atoms with Gasteiger partial charge in [0, 0.05) is 5.02 Å². The van der Waals surface area contributed by atoms with Gasteiger partial charge in [0.25, 0.3) is 6.43 Å². The summed E-state index contributed by atoms with van der Waals surface area (Å²) >= 11 is 6.07. The van der Waals surface area contributed by atoms with E-state index >= 15 is 0 Å². The van der Waals surface area contributed by atoms with Gasteiger partial charge in [-0.1, -0.05) is 17.7 Å². The molecule has 0 bridgehead atoms. The van der Waals surface area contributed by atoms with Gasteiger partial charge in [0.1, 0.15) is 18.1 Å². The molecule has 154 valence electrons. The summed E-state index contributed by atoms with van der Waals surface area (Å²) in [6, 6.07) is 5.34. The number of nitrogens with zero attached hydrogens (tertiary/aromatic N) is 4. The molecule has 2 aromatic heterocycles. The number of amides is 1. The first-order valence-corrected chi connectivity index (χ1v) is 9.13. The first-order chi connectivity index (χ1) is 13.7. The molecule has 0 spiro atoms. The number of benzene rings is 1. The van der Waals surface area contributed by atoms with Crippen LogP contribution in [0.1, 0.15) is 34.8 Å². The number of hydrogen-bond acceptors (Lipinski definition) is 3. The number of alkyl halides is 2. The Hall–Kier alpha value is -2.81. The Labute approximate surface area is 170 Å². The third-order valence-corrected chi connectivity index (χ3v) is 4.78. The van der Waals surface area contributed by atoms with Gasteiger partial charge in [-0.05, 0) is 44.5 Å². The molecular weight excluding hydrogens is 407 g/mol. The minimum Gasteiger partial charge on any atom is -0.321 e. The van der Waals surface area contributed by atoms with Crippen molar-refractivity contribution in [2.45, 2.75) is 40.3 Å². The summed E-state index contributed by atoms with van der Waals surface area (Å²) in [6.07, 6.45) is -2.73. The molecule has 1 amide bonds. The average molecular weight is 426 g/mol. The quantitative estimate of drug-likeness (QED) is 0.635. The number of nitrogens with one attached hydrogen (secondary N) is 1. The Morgan fingerprint density at radius 3 is 2.55 bits per heavy atom. The maximum atomic E-state index is 13.2. The molecule has 0 atom stereocenters. The number of hydrogen-bond donors (Lipinski definition) is 1. The first-order valence-electron chi connectivity index (χ1n) is 8.76. The van der Waals surface area contributed by atoms with Crippen LogP contribution in [-0.4, -0.2) is 25.5 Å². The second-order valence-corrected chi connectivity index (χ2v) is 7.06. The molecule has 0 unspecified atom stereocenters. The Morgan fingerprint density at radius 1 is 1.17 bits per heavy atom. The lowest BCUT2D eigenvalue weighted by Gasteiger charge is -2.10. The lowest BCUT2D eigenvalue weighted by molar-refractivity contribution is -0.117. The predicted octanol–water partition coefficient (Wildman–Crippen LogP) is 4.42. The fourth-order valence-corrected chi connectivity index (χ4v) is 3.25. The van der Waals surface area contributed by atoms with Crippen LogP contribution < -0.4 is 5.32 Å². The fraction of sp³-hybridized carbons (Fsp3) is 0.316. The predicted molar refractivity (Wildman–Crippen MR) is 103 cm³/mol. The highest BCUT2D eigenvalue weighted by atomic mass is 35.5. The summed E-state index contributed by atoms with van der Waals surface area (Å²) in [6.45, 7) is 5.00. The second kappa shape index (κ2) is 8.28. The number of carbonyl (C=O) groups excluding carboxylic acids is 1. The van der Waals surface area contributed by atoms with Gasteiger partial charge in [-0.15, -0.1) is 0 Å². The normalized spacial score (nSPS) is 11.3. The van der Waals surface area contributed by atoms with E-state index in [9.17, 15) is 18.0 Å². The fourth-order valence-electron chi connectivity index (χ4n) is 3.03. The van der Waals surface area contributed by atoms with Crippen molar-refractivity contribution in [3.63, 3.8) is 0 Å². The van der Waals surface area contributed by atoms with Crippen LogP contribution in [0.15, 0.2) is 24.3 Å². The molecule has 0 aliphatic carbocycles. The van der Waals surface area contributed by atoms with E-state index < -0.39 is 18.1 Å². The van der Waals surface area contributed by atoms with Crippen LogP contribution in [-0.2, 0) is 17.9 Å². The zero-order valence-corrected chi connectivity index (χ0v) is 16.8. The lowest BCUT2D eigenvalue weighted by atomic mass is 10.2. The zero-order valence-electron chi connectivity index (χ0n) is 16.0. The number of aryl methyl sites for hydroxylation is 2. The van der Waals surface area contributed by atoms with Crippen LogP contribution in [0.5, 0.6) is 0 Å². The summed E-state index contributed by atoms with van der Waals surface area (Å²) in [5.41, 5.74) is 2.46. The summed E-state index contributed by atoms with van der Waals surface area (Å²) in [5.74, 6) is -0.933. The second-order valence-electron chi connectivity index (χ2n) is 6.66. The van der Waals surface area contributed by atoms with Gasteiger partial charge >= 0.3 is 0 Å². The van der Waals surface area contributed by atoms with Crippen molar-refractivity contribution in [3.8, 4) is 0 Å². The van der Waals surface area contributed by atoms with Crippen molar-refractivity contribution >= 4 is 23.2 Å².